The van der Waals surface area contributed by atoms with Crippen LogP contribution in [0.1, 0.15) is 32.3 Å². The number of nitriles is 1. The lowest BCUT2D eigenvalue weighted by Gasteiger charge is -2.30. The van der Waals surface area contributed by atoms with E-state index in [-0.39, 0.29) is 10.8 Å². The van der Waals surface area contributed by atoms with Crippen molar-refractivity contribution in [2.75, 3.05) is 5.32 Å². The third-order valence-electron chi connectivity index (χ3n) is 3.27. The Bertz CT molecular complexity index is 614. The number of sulfone groups is 1. The average Bonchev–Trinajstić information content (AvgIpc) is 2.28. The van der Waals surface area contributed by atoms with Gasteiger partial charge in [-0.1, -0.05) is 26.0 Å². The molecule has 0 radical (unpaired) electrons. The normalized spacial score (nSPS) is 25.1. The maximum atomic E-state index is 12.4. The summed E-state index contributed by atoms with van der Waals surface area (Å²) in [6, 6.07) is 6.71. The molecule has 1 aliphatic heterocycles. The maximum absolute atomic E-state index is 12.4. The van der Waals surface area contributed by atoms with E-state index in [4.69, 9.17) is 5.26 Å². The van der Waals surface area contributed by atoms with Gasteiger partial charge in [0.05, 0.1) is 22.7 Å². The van der Waals surface area contributed by atoms with E-state index in [1.54, 1.807) is 19.1 Å². The molecule has 2 atom stereocenters. The third kappa shape index (κ3) is 1.77. The van der Waals surface area contributed by atoms with Gasteiger partial charge in [0, 0.05) is 0 Å². The lowest BCUT2D eigenvalue weighted by Crippen LogP contribution is -2.41. The molecule has 0 saturated carbocycles. The van der Waals surface area contributed by atoms with Crippen molar-refractivity contribution in [3.05, 3.63) is 23.8 Å². The molecule has 2 unspecified atom stereocenters. The van der Waals surface area contributed by atoms with Crippen LogP contribution in [0, 0.1) is 11.3 Å². The molecule has 1 aromatic rings. The van der Waals surface area contributed by atoms with E-state index in [1.807, 2.05) is 26.0 Å². The van der Waals surface area contributed by atoms with Crippen LogP contribution < -0.4 is 5.32 Å². The first-order valence-corrected chi connectivity index (χ1v) is 7.47. The third-order valence-corrected chi connectivity index (χ3v) is 5.41. The first-order valence-electron chi connectivity index (χ1n) is 5.92. The molecule has 96 valence electrons. The molecule has 1 heterocycles. The van der Waals surface area contributed by atoms with Crippen LogP contribution in [-0.2, 0) is 9.84 Å². The molecular weight excluding hydrogens is 248 g/mol. The zero-order chi connectivity index (χ0) is 13.5. The Balaban J connectivity index is 2.72. The number of benzene rings is 1. The molecule has 2 rings (SSSR count). The summed E-state index contributed by atoms with van der Waals surface area (Å²) in [5.74, 6) is 0.230. The molecular formula is C13H16N2O2S. The van der Waals surface area contributed by atoms with E-state index >= 15 is 0 Å². The second kappa shape index (κ2) is 4.29. The number of para-hydroxylation sites is 1. The van der Waals surface area contributed by atoms with Crippen LogP contribution in [0.5, 0.6) is 0 Å². The predicted molar refractivity (Wildman–Crippen MR) is 70.2 cm³/mol. The summed E-state index contributed by atoms with van der Waals surface area (Å²) < 4.78 is 24.7. The SMILES string of the molecule is CC(C)c1cccc2c1NC(C)C(C#N)S2(=O)=O. The number of hydrogen-bond donors (Lipinski definition) is 1. The van der Waals surface area contributed by atoms with Crippen molar-refractivity contribution in [1.82, 2.24) is 0 Å². The standard InChI is InChI=1S/C13H16N2O2S/c1-8(2)10-5-4-6-11-13(10)15-9(3)12(7-14)18(11,16)17/h4-6,8-9,12,15H,1-3H3. The van der Waals surface area contributed by atoms with Crippen molar-refractivity contribution >= 4 is 15.5 Å². The Labute approximate surface area is 108 Å². The van der Waals surface area contributed by atoms with Gasteiger partial charge in [0.1, 0.15) is 0 Å². The average molecular weight is 264 g/mol. The molecule has 1 aliphatic rings. The summed E-state index contributed by atoms with van der Waals surface area (Å²) in [7, 11) is -3.56. The van der Waals surface area contributed by atoms with Gasteiger partial charge in [-0.2, -0.15) is 5.26 Å². The minimum Gasteiger partial charge on any atom is -0.379 e. The zero-order valence-corrected chi connectivity index (χ0v) is 11.5. The van der Waals surface area contributed by atoms with Crippen molar-refractivity contribution in [2.24, 2.45) is 0 Å². The molecule has 1 N–H and O–H groups in total. The quantitative estimate of drug-likeness (QED) is 0.845. The molecule has 1 aromatic carbocycles. The maximum Gasteiger partial charge on any atom is 0.198 e. The first kappa shape index (κ1) is 12.9. The molecule has 0 aliphatic carbocycles. The van der Waals surface area contributed by atoms with Crippen LogP contribution in [0.3, 0.4) is 0 Å². The van der Waals surface area contributed by atoms with E-state index in [9.17, 15) is 8.42 Å². The molecule has 5 heteroatoms. The van der Waals surface area contributed by atoms with Gasteiger partial charge in [-0.25, -0.2) is 8.42 Å². The summed E-state index contributed by atoms with van der Waals surface area (Å²) >= 11 is 0. The number of fused-ring (bicyclic) bond motifs is 1. The summed E-state index contributed by atoms with van der Waals surface area (Å²) in [6.07, 6.45) is 0. The topological polar surface area (TPSA) is 70.0 Å². The summed E-state index contributed by atoms with van der Waals surface area (Å²) in [5.41, 5.74) is 1.63. The Kier molecular flexibility index (Phi) is 3.07. The lowest BCUT2D eigenvalue weighted by atomic mass is 10.0. The monoisotopic (exact) mass is 264 g/mol. The molecule has 0 saturated heterocycles. The number of hydrogen-bond acceptors (Lipinski definition) is 4. The van der Waals surface area contributed by atoms with Gasteiger partial charge in [0.2, 0.25) is 0 Å². The molecule has 0 aromatic heterocycles. The van der Waals surface area contributed by atoms with E-state index < -0.39 is 21.1 Å². The minimum absolute atomic E-state index is 0.230. The van der Waals surface area contributed by atoms with Gasteiger partial charge >= 0.3 is 0 Å². The van der Waals surface area contributed by atoms with Crippen LogP contribution in [0.15, 0.2) is 23.1 Å². The second-order valence-corrected chi connectivity index (χ2v) is 6.94. The van der Waals surface area contributed by atoms with Crippen molar-refractivity contribution < 1.29 is 8.42 Å². The number of nitrogens with one attached hydrogen (secondary N) is 1. The van der Waals surface area contributed by atoms with Gasteiger partial charge in [-0.3, -0.25) is 0 Å². The molecule has 0 spiro atoms. The van der Waals surface area contributed by atoms with E-state index in [0.717, 1.165) is 5.56 Å². The molecule has 0 fully saturated rings. The van der Waals surface area contributed by atoms with Gasteiger partial charge in [-0.15, -0.1) is 0 Å². The largest absolute Gasteiger partial charge is 0.379 e. The van der Waals surface area contributed by atoms with Gasteiger partial charge < -0.3 is 5.32 Å². The van der Waals surface area contributed by atoms with E-state index in [1.165, 1.54) is 0 Å². The Morgan fingerprint density at radius 2 is 2.06 bits per heavy atom. The Hall–Kier alpha value is -1.54. The first-order chi connectivity index (χ1) is 8.39. The van der Waals surface area contributed by atoms with E-state index in [0.29, 0.717) is 5.69 Å². The summed E-state index contributed by atoms with van der Waals surface area (Å²) in [4.78, 5) is 0.248. The highest BCUT2D eigenvalue weighted by Gasteiger charge is 2.39. The van der Waals surface area contributed by atoms with Crippen molar-refractivity contribution in [3.8, 4) is 6.07 Å². The number of nitrogens with zero attached hydrogens (tertiary/aromatic N) is 1. The highest BCUT2D eigenvalue weighted by molar-refractivity contribution is 7.92. The fourth-order valence-electron chi connectivity index (χ4n) is 2.31. The fraction of sp³-hybridized carbons (Fsp3) is 0.462. The highest BCUT2D eigenvalue weighted by atomic mass is 32.2. The Morgan fingerprint density at radius 3 is 2.61 bits per heavy atom. The van der Waals surface area contributed by atoms with Crippen LogP contribution in [0.2, 0.25) is 0 Å². The Morgan fingerprint density at radius 1 is 1.39 bits per heavy atom. The zero-order valence-electron chi connectivity index (χ0n) is 10.6. The molecule has 18 heavy (non-hydrogen) atoms. The van der Waals surface area contributed by atoms with Crippen LogP contribution in [0.4, 0.5) is 5.69 Å². The van der Waals surface area contributed by atoms with Crippen molar-refractivity contribution in [1.29, 1.82) is 5.26 Å². The van der Waals surface area contributed by atoms with Crippen LogP contribution >= 0.6 is 0 Å². The van der Waals surface area contributed by atoms with Crippen LogP contribution in [0.25, 0.3) is 0 Å². The van der Waals surface area contributed by atoms with Crippen LogP contribution in [-0.4, -0.2) is 19.7 Å². The lowest BCUT2D eigenvalue weighted by molar-refractivity contribution is 0.577. The molecule has 0 amide bonds. The molecule has 0 bridgehead atoms. The second-order valence-electron chi connectivity index (χ2n) is 4.90. The number of rotatable bonds is 1. The van der Waals surface area contributed by atoms with E-state index in [2.05, 4.69) is 5.32 Å². The van der Waals surface area contributed by atoms with Gasteiger partial charge in [-0.05, 0) is 24.5 Å². The smallest absolute Gasteiger partial charge is 0.198 e. The fourth-order valence-corrected chi connectivity index (χ4v) is 4.06. The predicted octanol–water partition coefficient (Wildman–Crippen LogP) is 2.29. The van der Waals surface area contributed by atoms with Crippen molar-refractivity contribution in [2.45, 2.75) is 42.9 Å². The number of anilines is 1. The highest BCUT2D eigenvalue weighted by Crippen LogP contribution is 2.37. The molecule has 4 nitrogen and oxygen atoms in total. The van der Waals surface area contributed by atoms with Gasteiger partial charge in [0.15, 0.2) is 15.1 Å². The minimum atomic E-state index is -3.56. The summed E-state index contributed by atoms with van der Waals surface area (Å²) in [5, 5.41) is 11.2. The van der Waals surface area contributed by atoms with Gasteiger partial charge in [0.25, 0.3) is 0 Å². The van der Waals surface area contributed by atoms with Crippen molar-refractivity contribution in [3.63, 3.8) is 0 Å². The summed E-state index contributed by atoms with van der Waals surface area (Å²) in [6.45, 7) is 5.77.